The molecule has 17 heavy (non-hydrogen) atoms. The van der Waals surface area contributed by atoms with Crippen molar-refractivity contribution in [2.45, 2.75) is 38.5 Å². The normalized spacial score (nSPS) is 21.7. The van der Waals surface area contributed by atoms with Crippen LogP contribution in [0.5, 0.6) is 5.75 Å². The highest BCUT2D eigenvalue weighted by atomic mass is 16.5. The highest BCUT2D eigenvalue weighted by Crippen LogP contribution is 2.32. The standard InChI is InChI=1S/C12H21N3O2/c1-4-15-12(10(16-3)8-14-15)11(13-2)9-6-5-7-17-9/h8-9,11,13H,4-7H2,1-3H3. The van der Waals surface area contributed by atoms with Crippen molar-refractivity contribution in [2.24, 2.45) is 0 Å². The van der Waals surface area contributed by atoms with Crippen molar-refractivity contribution >= 4 is 0 Å². The number of rotatable bonds is 5. The van der Waals surface area contributed by atoms with Crippen LogP contribution in [0.15, 0.2) is 6.20 Å². The third-order valence-corrected chi connectivity index (χ3v) is 3.31. The Hall–Kier alpha value is -1.07. The minimum atomic E-state index is 0.148. The predicted molar refractivity (Wildman–Crippen MR) is 65.2 cm³/mol. The van der Waals surface area contributed by atoms with Gasteiger partial charge in [0.05, 0.1) is 31.1 Å². The monoisotopic (exact) mass is 239 g/mol. The number of hydrogen-bond acceptors (Lipinski definition) is 4. The van der Waals surface area contributed by atoms with Gasteiger partial charge in [-0.3, -0.25) is 4.68 Å². The molecular weight excluding hydrogens is 218 g/mol. The van der Waals surface area contributed by atoms with E-state index in [0.29, 0.717) is 0 Å². The van der Waals surface area contributed by atoms with E-state index in [1.54, 1.807) is 13.3 Å². The van der Waals surface area contributed by atoms with Crippen LogP contribution in [-0.4, -0.2) is 36.6 Å². The van der Waals surface area contributed by atoms with Crippen LogP contribution in [0, 0.1) is 0 Å². The van der Waals surface area contributed by atoms with Crippen molar-refractivity contribution < 1.29 is 9.47 Å². The summed E-state index contributed by atoms with van der Waals surface area (Å²) in [5, 5.41) is 7.67. The molecule has 2 heterocycles. The van der Waals surface area contributed by atoms with Crippen LogP contribution < -0.4 is 10.1 Å². The van der Waals surface area contributed by atoms with Gasteiger partial charge in [0.1, 0.15) is 0 Å². The minimum Gasteiger partial charge on any atom is -0.493 e. The van der Waals surface area contributed by atoms with Gasteiger partial charge in [0.15, 0.2) is 5.75 Å². The number of nitrogens with zero attached hydrogens (tertiary/aromatic N) is 2. The molecular formula is C12H21N3O2. The van der Waals surface area contributed by atoms with Crippen LogP contribution in [0.1, 0.15) is 31.5 Å². The fourth-order valence-corrected chi connectivity index (χ4v) is 2.46. The van der Waals surface area contributed by atoms with Crippen LogP contribution >= 0.6 is 0 Å². The fourth-order valence-electron chi connectivity index (χ4n) is 2.46. The number of methoxy groups -OCH3 is 1. The first-order valence-electron chi connectivity index (χ1n) is 6.20. The molecule has 1 aromatic rings. The largest absolute Gasteiger partial charge is 0.493 e. The maximum Gasteiger partial charge on any atom is 0.161 e. The summed E-state index contributed by atoms with van der Waals surface area (Å²) in [4.78, 5) is 0. The SMILES string of the molecule is CCn1ncc(OC)c1C(NC)C1CCCO1. The van der Waals surface area contributed by atoms with Crippen LogP contribution in [-0.2, 0) is 11.3 Å². The van der Waals surface area contributed by atoms with E-state index in [1.807, 2.05) is 11.7 Å². The molecule has 0 amide bonds. The van der Waals surface area contributed by atoms with Crippen molar-refractivity contribution in [3.05, 3.63) is 11.9 Å². The molecule has 0 aliphatic carbocycles. The van der Waals surface area contributed by atoms with Gasteiger partial charge in [-0.1, -0.05) is 0 Å². The molecule has 0 radical (unpaired) electrons. The van der Waals surface area contributed by atoms with E-state index in [0.717, 1.165) is 37.4 Å². The molecule has 0 saturated carbocycles. The second kappa shape index (κ2) is 5.51. The molecule has 1 N–H and O–H groups in total. The zero-order valence-electron chi connectivity index (χ0n) is 10.8. The van der Waals surface area contributed by atoms with Crippen LogP contribution in [0.3, 0.4) is 0 Å². The second-order valence-corrected chi connectivity index (χ2v) is 4.23. The van der Waals surface area contributed by atoms with Gasteiger partial charge in [-0.05, 0) is 26.8 Å². The average molecular weight is 239 g/mol. The molecule has 0 spiro atoms. The molecule has 1 aliphatic heterocycles. The van der Waals surface area contributed by atoms with Crippen molar-refractivity contribution in [3.8, 4) is 5.75 Å². The third kappa shape index (κ3) is 2.30. The zero-order valence-corrected chi connectivity index (χ0v) is 10.8. The molecule has 1 fully saturated rings. The van der Waals surface area contributed by atoms with Gasteiger partial charge in [-0.25, -0.2) is 0 Å². The van der Waals surface area contributed by atoms with E-state index in [-0.39, 0.29) is 12.1 Å². The van der Waals surface area contributed by atoms with Crippen LogP contribution in [0.4, 0.5) is 0 Å². The Kier molecular flexibility index (Phi) is 4.02. The third-order valence-electron chi connectivity index (χ3n) is 3.31. The Balaban J connectivity index is 2.30. The maximum atomic E-state index is 5.77. The summed E-state index contributed by atoms with van der Waals surface area (Å²) in [5.74, 6) is 0.835. The summed E-state index contributed by atoms with van der Waals surface area (Å²) in [6.07, 6.45) is 4.21. The second-order valence-electron chi connectivity index (χ2n) is 4.23. The van der Waals surface area contributed by atoms with Crippen molar-refractivity contribution in [3.63, 3.8) is 0 Å². The molecule has 0 aromatic carbocycles. The predicted octanol–water partition coefficient (Wildman–Crippen LogP) is 1.35. The summed E-state index contributed by atoms with van der Waals surface area (Å²) in [5.41, 5.74) is 1.09. The lowest BCUT2D eigenvalue weighted by Crippen LogP contribution is -2.31. The molecule has 0 bridgehead atoms. The van der Waals surface area contributed by atoms with Gasteiger partial charge in [0.25, 0.3) is 0 Å². The summed E-state index contributed by atoms with van der Waals surface area (Å²) < 4.78 is 13.1. The first-order valence-corrected chi connectivity index (χ1v) is 6.20. The molecule has 2 rings (SSSR count). The van der Waals surface area contributed by atoms with Crippen LogP contribution in [0.2, 0.25) is 0 Å². The zero-order chi connectivity index (χ0) is 12.3. The number of nitrogens with one attached hydrogen (secondary N) is 1. The average Bonchev–Trinajstić information content (AvgIpc) is 2.99. The van der Waals surface area contributed by atoms with Crippen LogP contribution in [0.25, 0.3) is 0 Å². The topological polar surface area (TPSA) is 48.3 Å². The Bertz CT molecular complexity index is 337. The number of ether oxygens (including phenoxy) is 2. The molecule has 5 heteroatoms. The van der Waals surface area contributed by atoms with E-state index in [4.69, 9.17) is 9.47 Å². The summed E-state index contributed by atoms with van der Waals surface area (Å²) in [6.45, 7) is 3.77. The van der Waals surface area contributed by atoms with Gasteiger partial charge >= 0.3 is 0 Å². The van der Waals surface area contributed by atoms with E-state index in [9.17, 15) is 0 Å². The molecule has 2 atom stereocenters. The number of aryl methyl sites for hydroxylation is 1. The Morgan fingerprint density at radius 2 is 2.53 bits per heavy atom. The molecule has 1 saturated heterocycles. The van der Waals surface area contributed by atoms with E-state index in [1.165, 1.54) is 0 Å². The van der Waals surface area contributed by atoms with E-state index in [2.05, 4.69) is 17.3 Å². The number of hydrogen-bond donors (Lipinski definition) is 1. The quantitative estimate of drug-likeness (QED) is 0.842. The lowest BCUT2D eigenvalue weighted by atomic mass is 10.0. The summed E-state index contributed by atoms with van der Waals surface area (Å²) in [7, 11) is 3.64. The Labute approximate surface area is 102 Å². The van der Waals surface area contributed by atoms with Crippen molar-refractivity contribution in [2.75, 3.05) is 20.8 Å². The molecule has 5 nitrogen and oxygen atoms in total. The fraction of sp³-hybridized carbons (Fsp3) is 0.750. The van der Waals surface area contributed by atoms with Crippen molar-refractivity contribution in [1.29, 1.82) is 0 Å². The summed E-state index contributed by atoms with van der Waals surface area (Å²) in [6, 6.07) is 0.148. The number of aromatic nitrogens is 2. The van der Waals surface area contributed by atoms with Gasteiger partial charge in [-0.2, -0.15) is 5.10 Å². The maximum absolute atomic E-state index is 5.77. The Morgan fingerprint density at radius 3 is 3.06 bits per heavy atom. The van der Waals surface area contributed by atoms with Gasteiger partial charge in [0.2, 0.25) is 0 Å². The molecule has 2 unspecified atom stereocenters. The van der Waals surface area contributed by atoms with Gasteiger partial charge < -0.3 is 14.8 Å². The highest BCUT2D eigenvalue weighted by molar-refractivity contribution is 5.29. The van der Waals surface area contributed by atoms with E-state index < -0.39 is 0 Å². The lowest BCUT2D eigenvalue weighted by Gasteiger charge is -2.24. The van der Waals surface area contributed by atoms with Gasteiger partial charge in [0, 0.05) is 13.2 Å². The highest BCUT2D eigenvalue weighted by Gasteiger charge is 2.31. The smallest absolute Gasteiger partial charge is 0.161 e. The van der Waals surface area contributed by atoms with Crippen molar-refractivity contribution in [1.82, 2.24) is 15.1 Å². The molecule has 1 aliphatic rings. The van der Waals surface area contributed by atoms with E-state index >= 15 is 0 Å². The number of likely N-dealkylation sites (N-methyl/N-ethyl adjacent to an activating group) is 1. The lowest BCUT2D eigenvalue weighted by molar-refractivity contribution is 0.0771. The van der Waals surface area contributed by atoms with Gasteiger partial charge in [-0.15, -0.1) is 0 Å². The Morgan fingerprint density at radius 1 is 1.71 bits per heavy atom. The summed E-state index contributed by atoms with van der Waals surface area (Å²) >= 11 is 0. The molecule has 1 aromatic heterocycles. The molecule has 96 valence electrons. The minimum absolute atomic E-state index is 0.148. The first kappa shape index (κ1) is 12.4. The first-order chi connectivity index (χ1) is 8.31.